The van der Waals surface area contributed by atoms with Gasteiger partial charge in [0.1, 0.15) is 6.10 Å². The van der Waals surface area contributed by atoms with Crippen molar-refractivity contribution in [2.75, 3.05) is 39.8 Å². The van der Waals surface area contributed by atoms with E-state index in [0.29, 0.717) is 32.0 Å². The van der Waals surface area contributed by atoms with Gasteiger partial charge in [-0.3, -0.25) is 9.79 Å². The highest BCUT2D eigenvalue weighted by Crippen LogP contribution is 2.27. The van der Waals surface area contributed by atoms with E-state index in [9.17, 15) is 4.79 Å². The Bertz CT molecular complexity index is 670. The fourth-order valence-electron chi connectivity index (χ4n) is 4.24. The lowest BCUT2D eigenvalue weighted by Gasteiger charge is -2.35. The zero-order chi connectivity index (χ0) is 19.8. The van der Waals surface area contributed by atoms with E-state index < -0.39 is 0 Å². The SMILES string of the molecule is CN=C(NCCNC(=O)CC1CCCC1)N1CCOC(c2ccccc2C)C1. The molecule has 6 nitrogen and oxygen atoms in total. The highest BCUT2D eigenvalue weighted by Gasteiger charge is 2.25. The minimum atomic E-state index is 0.0552. The molecule has 2 N–H and O–H groups in total. The molecule has 1 unspecified atom stereocenters. The van der Waals surface area contributed by atoms with E-state index in [2.05, 4.69) is 51.7 Å². The number of amides is 1. The van der Waals surface area contributed by atoms with E-state index in [0.717, 1.165) is 19.0 Å². The standard InChI is InChI=1S/C22H34N4O2/c1-17-7-3-6-10-19(17)20-16-26(13-14-28-20)22(23-2)25-12-11-24-21(27)15-18-8-4-5-9-18/h3,6-7,10,18,20H,4-5,8-9,11-16H2,1-2H3,(H,23,25)(H,24,27). The molecule has 1 aromatic carbocycles. The van der Waals surface area contributed by atoms with E-state index in [1.54, 1.807) is 7.05 Å². The largest absolute Gasteiger partial charge is 0.370 e. The average Bonchev–Trinajstić information content (AvgIpc) is 3.21. The maximum absolute atomic E-state index is 12.1. The lowest BCUT2D eigenvalue weighted by atomic mass is 10.0. The number of ether oxygens (including phenoxy) is 1. The number of hydrogen-bond acceptors (Lipinski definition) is 3. The molecule has 1 saturated heterocycles. The van der Waals surface area contributed by atoms with Crippen LogP contribution in [0.15, 0.2) is 29.3 Å². The summed E-state index contributed by atoms with van der Waals surface area (Å²) >= 11 is 0. The van der Waals surface area contributed by atoms with E-state index in [4.69, 9.17) is 4.74 Å². The number of hydrogen-bond donors (Lipinski definition) is 2. The fraction of sp³-hybridized carbons (Fsp3) is 0.636. The second-order valence-electron chi connectivity index (χ2n) is 7.84. The van der Waals surface area contributed by atoms with Gasteiger partial charge >= 0.3 is 0 Å². The minimum absolute atomic E-state index is 0.0552. The van der Waals surface area contributed by atoms with Crippen LogP contribution in [0.25, 0.3) is 0 Å². The Labute approximate surface area is 168 Å². The Morgan fingerprint density at radius 2 is 1.96 bits per heavy atom. The van der Waals surface area contributed by atoms with Gasteiger partial charge in [-0.15, -0.1) is 0 Å². The van der Waals surface area contributed by atoms with Crippen molar-refractivity contribution in [3.63, 3.8) is 0 Å². The fourth-order valence-corrected chi connectivity index (χ4v) is 4.24. The molecule has 1 amide bonds. The molecule has 28 heavy (non-hydrogen) atoms. The highest BCUT2D eigenvalue weighted by molar-refractivity contribution is 5.80. The Hall–Kier alpha value is -2.08. The second kappa shape index (κ2) is 10.5. The van der Waals surface area contributed by atoms with Crippen LogP contribution < -0.4 is 10.6 Å². The molecule has 0 spiro atoms. The summed E-state index contributed by atoms with van der Waals surface area (Å²) in [4.78, 5) is 18.7. The molecule has 1 aromatic rings. The van der Waals surface area contributed by atoms with Crippen LogP contribution >= 0.6 is 0 Å². The van der Waals surface area contributed by atoms with Gasteiger partial charge in [-0.05, 0) is 36.8 Å². The van der Waals surface area contributed by atoms with Crippen molar-refractivity contribution in [1.29, 1.82) is 0 Å². The van der Waals surface area contributed by atoms with Crippen LogP contribution in [-0.2, 0) is 9.53 Å². The summed E-state index contributed by atoms with van der Waals surface area (Å²) in [6, 6.07) is 8.38. The van der Waals surface area contributed by atoms with Gasteiger partial charge in [-0.2, -0.15) is 0 Å². The van der Waals surface area contributed by atoms with Crippen LogP contribution in [0, 0.1) is 12.8 Å². The third-order valence-electron chi connectivity index (χ3n) is 5.79. The van der Waals surface area contributed by atoms with Gasteiger partial charge in [0.15, 0.2) is 5.96 Å². The molecule has 1 heterocycles. The van der Waals surface area contributed by atoms with Crippen molar-refractivity contribution in [3.8, 4) is 0 Å². The van der Waals surface area contributed by atoms with Gasteiger partial charge in [0.05, 0.1) is 13.2 Å². The van der Waals surface area contributed by atoms with Gasteiger partial charge in [0.25, 0.3) is 0 Å². The highest BCUT2D eigenvalue weighted by atomic mass is 16.5. The van der Waals surface area contributed by atoms with Crippen molar-refractivity contribution >= 4 is 11.9 Å². The average molecular weight is 387 g/mol. The van der Waals surface area contributed by atoms with Gasteiger partial charge < -0.3 is 20.3 Å². The predicted molar refractivity (Wildman–Crippen MR) is 112 cm³/mol. The van der Waals surface area contributed by atoms with Crippen LogP contribution in [-0.4, -0.2) is 56.6 Å². The summed E-state index contributed by atoms with van der Waals surface area (Å²) in [6.07, 6.45) is 5.70. The van der Waals surface area contributed by atoms with E-state index >= 15 is 0 Å². The maximum Gasteiger partial charge on any atom is 0.220 e. The zero-order valence-corrected chi connectivity index (χ0v) is 17.2. The van der Waals surface area contributed by atoms with Crippen LogP contribution in [0.5, 0.6) is 0 Å². The molecular formula is C22H34N4O2. The predicted octanol–water partition coefficient (Wildman–Crippen LogP) is 2.64. The molecule has 0 radical (unpaired) electrons. The number of nitrogens with one attached hydrogen (secondary N) is 2. The summed E-state index contributed by atoms with van der Waals surface area (Å²) in [6.45, 7) is 5.69. The number of morpholine rings is 1. The number of nitrogens with zero attached hydrogens (tertiary/aromatic N) is 2. The quantitative estimate of drug-likeness (QED) is 0.448. The first-order chi connectivity index (χ1) is 13.7. The van der Waals surface area contributed by atoms with Gasteiger partial charge in [0, 0.05) is 33.1 Å². The number of carbonyl (C=O) groups excluding carboxylic acids is 1. The summed E-state index contributed by atoms with van der Waals surface area (Å²) in [5, 5.41) is 6.41. The van der Waals surface area contributed by atoms with Crippen LogP contribution in [0.1, 0.15) is 49.3 Å². The van der Waals surface area contributed by atoms with Gasteiger partial charge in [0.2, 0.25) is 5.91 Å². The van der Waals surface area contributed by atoms with Crippen molar-refractivity contribution in [1.82, 2.24) is 15.5 Å². The Morgan fingerprint density at radius 3 is 2.71 bits per heavy atom. The number of rotatable bonds is 6. The molecule has 0 bridgehead atoms. The molecule has 1 aliphatic carbocycles. The van der Waals surface area contributed by atoms with Crippen molar-refractivity contribution in [2.45, 2.75) is 45.1 Å². The number of benzene rings is 1. The topological polar surface area (TPSA) is 66.0 Å². The first kappa shape index (κ1) is 20.6. The van der Waals surface area contributed by atoms with Gasteiger partial charge in [-0.1, -0.05) is 37.1 Å². The number of aryl methyl sites for hydroxylation is 1. The number of guanidine groups is 1. The smallest absolute Gasteiger partial charge is 0.220 e. The molecule has 6 heteroatoms. The Kier molecular flexibility index (Phi) is 7.71. The number of aliphatic imine (C=N–C) groups is 1. The minimum Gasteiger partial charge on any atom is -0.370 e. The summed E-state index contributed by atoms with van der Waals surface area (Å²) in [7, 11) is 1.80. The van der Waals surface area contributed by atoms with Crippen LogP contribution in [0.3, 0.4) is 0 Å². The third kappa shape index (κ3) is 5.71. The summed E-state index contributed by atoms with van der Waals surface area (Å²) in [5.74, 6) is 1.63. The van der Waals surface area contributed by atoms with Gasteiger partial charge in [-0.25, -0.2) is 0 Å². The lowest BCUT2D eigenvalue weighted by Crippen LogP contribution is -2.49. The van der Waals surface area contributed by atoms with Crippen molar-refractivity contribution < 1.29 is 9.53 Å². The lowest BCUT2D eigenvalue weighted by molar-refractivity contribution is -0.121. The Balaban J connectivity index is 1.43. The van der Waals surface area contributed by atoms with Crippen molar-refractivity contribution in [3.05, 3.63) is 35.4 Å². The van der Waals surface area contributed by atoms with Crippen LogP contribution in [0.4, 0.5) is 0 Å². The Morgan fingerprint density at radius 1 is 1.21 bits per heavy atom. The first-order valence-corrected chi connectivity index (χ1v) is 10.6. The third-order valence-corrected chi connectivity index (χ3v) is 5.79. The molecule has 0 aromatic heterocycles. The molecule has 1 atom stereocenters. The second-order valence-corrected chi connectivity index (χ2v) is 7.84. The van der Waals surface area contributed by atoms with E-state index in [1.165, 1.54) is 36.8 Å². The maximum atomic E-state index is 12.1. The first-order valence-electron chi connectivity index (χ1n) is 10.6. The molecule has 1 saturated carbocycles. The molecule has 1 aliphatic heterocycles. The number of carbonyl (C=O) groups is 1. The molecule has 2 aliphatic rings. The van der Waals surface area contributed by atoms with Crippen molar-refractivity contribution in [2.24, 2.45) is 10.9 Å². The zero-order valence-electron chi connectivity index (χ0n) is 17.2. The molecule has 2 fully saturated rings. The van der Waals surface area contributed by atoms with Crippen LogP contribution in [0.2, 0.25) is 0 Å². The monoisotopic (exact) mass is 386 g/mol. The molecule has 3 rings (SSSR count). The molecular weight excluding hydrogens is 352 g/mol. The van der Waals surface area contributed by atoms with E-state index in [1.807, 2.05) is 0 Å². The summed E-state index contributed by atoms with van der Waals surface area (Å²) in [5.41, 5.74) is 2.49. The van der Waals surface area contributed by atoms with E-state index in [-0.39, 0.29) is 12.0 Å². The summed E-state index contributed by atoms with van der Waals surface area (Å²) < 4.78 is 6.01. The molecule has 154 valence electrons. The normalized spacial score (nSPS) is 21.0.